The summed E-state index contributed by atoms with van der Waals surface area (Å²) in [5.41, 5.74) is 3.19. The van der Waals surface area contributed by atoms with E-state index in [1.165, 1.54) is 24.3 Å². The topological polar surface area (TPSA) is 170 Å². The summed E-state index contributed by atoms with van der Waals surface area (Å²) in [4.78, 5) is 56.5. The molecule has 9 rings (SSSR count). The Balaban J connectivity index is 1.11. The van der Waals surface area contributed by atoms with E-state index in [1.807, 2.05) is 91.0 Å². The van der Waals surface area contributed by atoms with E-state index in [-0.39, 0.29) is 48.7 Å². The van der Waals surface area contributed by atoms with Gasteiger partial charge in [0.25, 0.3) is 0 Å². The zero-order valence-corrected chi connectivity index (χ0v) is 42.9. The third kappa shape index (κ3) is 15.3. The van der Waals surface area contributed by atoms with Crippen molar-refractivity contribution in [3.63, 3.8) is 0 Å². The molecule has 0 N–H and O–H groups in total. The van der Waals surface area contributed by atoms with Crippen molar-refractivity contribution < 1.29 is 71.3 Å². The summed E-state index contributed by atoms with van der Waals surface area (Å²) in [6.45, 7) is -0.783. The Morgan fingerprint density at radius 1 is 0.354 bits per heavy atom. The minimum Gasteiger partial charge on any atom is -0.459 e. The summed E-state index contributed by atoms with van der Waals surface area (Å²) in [6, 6.07) is 61.2. The van der Waals surface area contributed by atoms with Gasteiger partial charge in [0.15, 0.2) is 30.9 Å². The first kappa shape index (κ1) is 55.5. The van der Waals surface area contributed by atoms with Crippen LogP contribution in [0.3, 0.4) is 0 Å². The van der Waals surface area contributed by atoms with Crippen LogP contribution in [0.1, 0.15) is 58.1 Å². The number of esters is 4. The van der Waals surface area contributed by atoms with Crippen LogP contribution in [-0.4, -0.2) is 105 Å². The molecule has 79 heavy (non-hydrogen) atoms. The summed E-state index contributed by atoms with van der Waals surface area (Å²) in [5.74, 6) is -0.784. The van der Waals surface area contributed by atoms with E-state index in [9.17, 15) is 19.2 Å². The van der Waals surface area contributed by atoms with Gasteiger partial charge in [-0.1, -0.05) is 170 Å². The fraction of sp³-hybridized carbons (Fsp3) is 0.250. The predicted octanol–water partition coefficient (Wildman–Crippen LogP) is 9.39. The first-order chi connectivity index (χ1) is 38.8. The van der Waals surface area contributed by atoms with Gasteiger partial charge in [0.2, 0.25) is 0 Å². The number of benzene rings is 7. The van der Waals surface area contributed by atoms with Crippen molar-refractivity contribution in [2.24, 2.45) is 0 Å². The van der Waals surface area contributed by atoms with Gasteiger partial charge in [-0.25, -0.2) is 19.2 Å². The summed E-state index contributed by atoms with van der Waals surface area (Å²) in [5, 5.41) is 0. The molecule has 2 aliphatic heterocycles. The van der Waals surface area contributed by atoms with Crippen LogP contribution in [0.4, 0.5) is 0 Å². The summed E-state index contributed by atoms with van der Waals surface area (Å²) < 4.78 is 71.7. The van der Waals surface area contributed by atoms with Crippen LogP contribution in [0.5, 0.6) is 0 Å². The van der Waals surface area contributed by atoms with E-state index in [4.69, 9.17) is 58.5 Å². The quantitative estimate of drug-likeness (QED) is 0.0337. The van der Waals surface area contributed by atoms with E-state index in [0.717, 1.165) is 16.7 Å². The van der Waals surface area contributed by atoms with E-state index < -0.39 is 98.5 Å². The molecule has 0 amide bonds. The highest BCUT2D eigenvalue weighted by Crippen LogP contribution is 2.35. The maximum absolute atomic E-state index is 14.4. The second-order valence-corrected chi connectivity index (χ2v) is 18.4. The lowest BCUT2D eigenvalue weighted by Gasteiger charge is -2.47. The molecule has 0 bridgehead atoms. The van der Waals surface area contributed by atoms with Crippen LogP contribution in [-0.2, 0) is 71.9 Å². The van der Waals surface area contributed by atoms with Crippen LogP contribution < -0.4 is 0 Å². The first-order valence-electron chi connectivity index (χ1n) is 25.8. The average molecular weight is 1070 g/mol. The van der Waals surface area contributed by atoms with Gasteiger partial charge in [-0.2, -0.15) is 0 Å². The molecule has 15 heteroatoms. The molecule has 2 aliphatic rings. The van der Waals surface area contributed by atoms with Gasteiger partial charge in [-0.15, -0.1) is 6.42 Å². The van der Waals surface area contributed by atoms with Crippen LogP contribution in [0.25, 0.3) is 0 Å². The maximum atomic E-state index is 14.4. The smallest absolute Gasteiger partial charge is 0.338 e. The van der Waals surface area contributed by atoms with Gasteiger partial charge in [0, 0.05) is 0 Å². The Morgan fingerprint density at radius 3 is 1.13 bits per heavy atom. The lowest BCUT2D eigenvalue weighted by atomic mass is 9.96. The molecule has 2 heterocycles. The Hall–Kier alpha value is -8.30. The van der Waals surface area contributed by atoms with Crippen LogP contribution >= 0.6 is 0 Å². The van der Waals surface area contributed by atoms with Crippen molar-refractivity contribution in [3.05, 3.63) is 251 Å². The number of terminal acetylenes is 1. The second-order valence-electron chi connectivity index (χ2n) is 18.4. The van der Waals surface area contributed by atoms with Crippen LogP contribution in [0.15, 0.2) is 212 Å². The van der Waals surface area contributed by atoms with E-state index >= 15 is 0 Å². The van der Waals surface area contributed by atoms with Crippen LogP contribution in [0, 0.1) is 12.3 Å². The second kappa shape index (κ2) is 28.4. The molecule has 0 aliphatic carbocycles. The predicted molar refractivity (Wildman–Crippen MR) is 287 cm³/mol. The van der Waals surface area contributed by atoms with Crippen molar-refractivity contribution in [1.29, 1.82) is 0 Å². The minimum absolute atomic E-state index is 0.0932. The molecule has 0 aromatic heterocycles. The molecule has 0 spiro atoms. The highest BCUT2D eigenvalue weighted by Gasteiger charge is 2.55. The standard InChI is InChI=1S/C64H58O15/c1-2-38-69-63-57(72-41-46-28-14-5-15-29-46)55(71-40-45-26-12-4-13-27-45)53(70-39-44-24-10-3-11-25-44)51(75-63)43-74-64-58(79-62(68)50-36-22-9-23-37-50)56(78-61(67)49-34-20-8-21-35-49)54(77-60(66)48-32-18-7-19-33-48)52(76-64)42-73-59(65)47-30-16-6-17-31-47/h1,3-37,51-58,63-64H,38-43H2/t51-,52-,53-,54-,55+,56+,57-,58-,63+,64-/m1/s1. The van der Waals surface area contributed by atoms with E-state index in [1.54, 1.807) is 97.1 Å². The van der Waals surface area contributed by atoms with Crippen LogP contribution in [0.2, 0.25) is 0 Å². The zero-order chi connectivity index (χ0) is 54.6. The van der Waals surface area contributed by atoms with Gasteiger partial charge in [-0.3, -0.25) is 0 Å². The molecule has 7 aromatic carbocycles. The normalized spacial score (nSPS) is 22.6. The molecule has 0 radical (unpaired) electrons. The summed E-state index contributed by atoms with van der Waals surface area (Å²) >= 11 is 0. The highest BCUT2D eigenvalue weighted by atomic mass is 16.8. The molecule has 7 aromatic rings. The zero-order valence-electron chi connectivity index (χ0n) is 42.9. The fourth-order valence-corrected chi connectivity index (χ4v) is 9.00. The van der Waals surface area contributed by atoms with Gasteiger partial charge < -0.3 is 52.1 Å². The molecule has 10 atom stereocenters. The molecular formula is C64H58O15. The molecule has 15 nitrogen and oxygen atoms in total. The summed E-state index contributed by atoms with van der Waals surface area (Å²) in [6.07, 6.45) is -7.42. The molecule has 404 valence electrons. The summed E-state index contributed by atoms with van der Waals surface area (Å²) in [7, 11) is 0. The molecule has 2 saturated heterocycles. The number of carbonyl (C=O) groups is 4. The Bertz CT molecular complexity index is 3040. The SMILES string of the molecule is C#CCO[C@H]1O[C@H](CO[C@@H]2O[C@H](COC(=O)c3ccccc3)[C@@H](OC(=O)c3ccccc3)[C@H](OC(=O)c3ccccc3)[C@H]2OC(=O)c2ccccc2)[C@@H](OCc2ccccc2)[C@H](OCc2ccccc2)[C@H]1OCc1ccccc1. The van der Waals surface area contributed by atoms with Crippen molar-refractivity contribution in [2.45, 2.75) is 81.2 Å². The van der Waals surface area contributed by atoms with Crippen molar-refractivity contribution in [1.82, 2.24) is 0 Å². The number of ether oxygens (including phenoxy) is 11. The van der Waals surface area contributed by atoms with Gasteiger partial charge in [-0.05, 0) is 65.2 Å². The third-order valence-electron chi connectivity index (χ3n) is 12.9. The largest absolute Gasteiger partial charge is 0.459 e. The maximum Gasteiger partial charge on any atom is 0.338 e. The van der Waals surface area contributed by atoms with Gasteiger partial charge in [0.05, 0.1) is 48.7 Å². The molecule has 2 fully saturated rings. The third-order valence-corrected chi connectivity index (χ3v) is 12.9. The molecular weight excluding hydrogens is 1010 g/mol. The minimum atomic E-state index is -1.69. The fourth-order valence-electron chi connectivity index (χ4n) is 9.00. The lowest BCUT2D eigenvalue weighted by Crippen LogP contribution is -2.64. The number of rotatable bonds is 23. The van der Waals surface area contributed by atoms with Crippen molar-refractivity contribution >= 4 is 23.9 Å². The Labute approximate surface area is 458 Å². The van der Waals surface area contributed by atoms with E-state index in [2.05, 4.69) is 5.92 Å². The first-order valence-corrected chi connectivity index (χ1v) is 25.8. The number of hydrogen-bond donors (Lipinski definition) is 0. The van der Waals surface area contributed by atoms with Gasteiger partial charge >= 0.3 is 23.9 Å². The number of hydrogen-bond acceptors (Lipinski definition) is 15. The van der Waals surface area contributed by atoms with E-state index in [0.29, 0.717) is 0 Å². The lowest BCUT2D eigenvalue weighted by molar-refractivity contribution is -0.342. The Morgan fingerprint density at radius 2 is 0.696 bits per heavy atom. The highest BCUT2D eigenvalue weighted by molar-refractivity contribution is 5.91. The van der Waals surface area contributed by atoms with Crippen molar-refractivity contribution in [3.8, 4) is 12.3 Å². The molecule has 0 unspecified atom stereocenters. The number of carbonyl (C=O) groups excluding carboxylic acids is 4. The monoisotopic (exact) mass is 1070 g/mol. The van der Waals surface area contributed by atoms with Crippen molar-refractivity contribution in [2.75, 3.05) is 19.8 Å². The average Bonchev–Trinajstić information content (AvgIpc) is 3.53. The van der Waals surface area contributed by atoms with Gasteiger partial charge in [0.1, 0.15) is 43.7 Å². The molecule has 0 saturated carbocycles. The Kier molecular flexibility index (Phi) is 19.9.